The summed E-state index contributed by atoms with van der Waals surface area (Å²) >= 11 is 0. The number of ether oxygens (including phenoxy) is 3. The van der Waals surface area contributed by atoms with Crippen molar-refractivity contribution in [1.82, 2.24) is 29.5 Å². The minimum absolute atomic E-state index is 0.0949. The maximum atomic E-state index is 15.4. The van der Waals surface area contributed by atoms with E-state index in [9.17, 15) is 9.18 Å². The molecule has 44 heavy (non-hydrogen) atoms. The van der Waals surface area contributed by atoms with Crippen LogP contribution in [0.3, 0.4) is 0 Å². The van der Waals surface area contributed by atoms with E-state index in [4.69, 9.17) is 18.3 Å². The Morgan fingerprint density at radius 2 is 1.95 bits per heavy atom. The number of nitrogens with zero attached hydrogens (tertiary/aromatic N) is 6. The number of halogens is 2. The first kappa shape index (κ1) is 25.2. The summed E-state index contributed by atoms with van der Waals surface area (Å²) in [5.74, 6) is -2.85. The van der Waals surface area contributed by atoms with Crippen molar-refractivity contribution < 1.29 is 31.9 Å². The van der Waals surface area contributed by atoms with Crippen LogP contribution in [0.5, 0.6) is 23.0 Å². The van der Waals surface area contributed by atoms with Crippen molar-refractivity contribution in [1.29, 1.82) is 0 Å². The van der Waals surface area contributed by atoms with Gasteiger partial charge >= 0.3 is 0 Å². The predicted molar refractivity (Wildman–Crippen MR) is 159 cm³/mol. The van der Waals surface area contributed by atoms with Gasteiger partial charge in [-0.1, -0.05) is 0 Å². The van der Waals surface area contributed by atoms with Gasteiger partial charge in [0.05, 0.1) is 35.2 Å². The lowest BCUT2D eigenvalue weighted by atomic mass is 10.1. The van der Waals surface area contributed by atoms with E-state index in [2.05, 4.69) is 30.7 Å². The highest BCUT2D eigenvalue weighted by atomic mass is 19.1. The van der Waals surface area contributed by atoms with Crippen LogP contribution in [0.4, 0.5) is 26.0 Å². The van der Waals surface area contributed by atoms with E-state index in [0.29, 0.717) is 16.6 Å². The van der Waals surface area contributed by atoms with E-state index in [1.807, 2.05) is 11.9 Å². The molecule has 0 unspecified atom stereocenters. The van der Waals surface area contributed by atoms with Gasteiger partial charge in [0, 0.05) is 41.9 Å². The maximum absolute atomic E-state index is 15.4. The normalized spacial score (nSPS) is 16.8. The number of benzene rings is 2. The lowest BCUT2D eigenvalue weighted by Gasteiger charge is -2.17. The average Bonchev–Trinajstić information content (AvgIpc) is 3.66. The van der Waals surface area contributed by atoms with Crippen LogP contribution in [0, 0.1) is 5.82 Å². The van der Waals surface area contributed by atoms with Gasteiger partial charge in [-0.25, -0.2) is 28.2 Å². The SMILES string of the molecule is [2H]C([2H])([2H])Oc1cc(Oc2ccn3ncnc3c2)c(F)cc1Nc1ncnc2cc(OC)c(NC(=O)/C(F)=C\[C@H]3CCCN3C)cc12. The Kier molecular flexibility index (Phi) is 6.91. The summed E-state index contributed by atoms with van der Waals surface area (Å²) in [6.45, 7) is 0.809. The standard InChI is InChI=1S/C30H28F2N8O4/c1-39-7-4-5-17(39)9-21(32)30(41)38-23-11-19-22(13-26(23)42-2)33-15-35-29(19)37-24-12-20(31)25(14-27(24)43-3)44-18-6-8-40-28(10-18)34-16-36-40/h6,8-17H,4-5,7H2,1-3H3,(H,38,41)(H,33,35,37)/b21-9+/t17-/m1/s1/i3D3. The zero-order chi connectivity index (χ0) is 33.3. The summed E-state index contributed by atoms with van der Waals surface area (Å²) < 4.78 is 71.1. The molecule has 0 bridgehead atoms. The summed E-state index contributed by atoms with van der Waals surface area (Å²) in [4.78, 5) is 27.3. The van der Waals surface area contributed by atoms with Crippen LogP contribution in [0.15, 0.2) is 67.2 Å². The third-order valence-electron chi connectivity index (χ3n) is 7.21. The van der Waals surface area contributed by atoms with Crippen molar-refractivity contribution in [2.75, 3.05) is 38.4 Å². The van der Waals surface area contributed by atoms with Crippen LogP contribution >= 0.6 is 0 Å². The van der Waals surface area contributed by atoms with Crippen molar-refractivity contribution in [3.8, 4) is 23.0 Å². The van der Waals surface area contributed by atoms with Gasteiger partial charge in [0.25, 0.3) is 5.91 Å². The number of rotatable bonds is 9. The van der Waals surface area contributed by atoms with Crippen molar-refractivity contribution in [3.63, 3.8) is 0 Å². The third kappa shape index (κ3) is 5.79. The lowest BCUT2D eigenvalue weighted by molar-refractivity contribution is -0.114. The first-order valence-corrected chi connectivity index (χ1v) is 13.5. The molecule has 1 saturated heterocycles. The molecule has 6 rings (SSSR count). The van der Waals surface area contributed by atoms with E-state index >= 15 is 4.39 Å². The average molecular weight is 606 g/mol. The summed E-state index contributed by atoms with van der Waals surface area (Å²) in [6.07, 6.45) is 7.06. The van der Waals surface area contributed by atoms with Crippen LogP contribution in [0.1, 0.15) is 17.0 Å². The molecule has 1 fully saturated rings. The molecule has 226 valence electrons. The number of methoxy groups -OCH3 is 2. The Bertz CT molecular complexity index is 2010. The van der Waals surface area contributed by atoms with Gasteiger partial charge in [-0.05, 0) is 44.6 Å². The first-order valence-electron chi connectivity index (χ1n) is 15.0. The number of pyridine rings is 1. The number of carbonyl (C=O) groups excluding carboxylic acids is 1. The predicted octanol–water partition coefficient (Wildman–Crippen LogP) is 5.25. The topological polar surface area (TPSA) is 128 Å². The number of anilines is 3. The van der Waals surface area contributed by atoms with Gasteiger partial charge in [-0.2, -0.15) is 5.10 Å². The number of aromatic nitrogens is 5. The zero-order valence-electron chi connectivity index (χ0n) is 26.5. The number of hydrogen-bond acceptors (Lipinski definition) is 10. The minimum Gasteiger partial charge on any atom is -0.494 e. The molecular formula is C30H28F2N8O4. The quantitative estimate of drug-likeness (QED) is 0.215. The molecule has 4 heterocycles. The number of amides is 1. The summed E-state index contributed by atoms with van der Waals surface area (Å²) in [6, 6.07) is 7.92. The molecule has 1 amide bonds. The van der Waals surface area contributed by atoms with Gasteiger partial charge in [-0.15, -0.1) is 0 Å². The molecule has 1 atom stereocenters. The Morgan fingerprint density at radius 3 is 2.75 bits per heavy atom. The van der Waals surface area contributed by atoms with Crippen molar-refractivity contribution in [2.45, 2.75) is 18.9 Å². The second-order valence-corrected chi connectivity index (χ2v) is 9.98. The number of likely N-dealkylation sites (N-methyl/N-ethyl adjacent to an activating group) is 1. The monoisotopic (exact) mass is 605 g/mol. The molecule has 2 N–H and O–H groups in total. The summed E-state index contributed by atoms with van der Waals surface area (Å²) in [7, 11) is 0.336. The Morgan fingerprint density at radius 1 is 1.09 bits per heavy atom. The molecule has 1 aliphatic heterocycles. The number of nitrogens with one attached hydrogen (secondary N) is 2. The molecule has 0 saturated carbocycles. The van der Waals surface area contributed by atoms with Crippen LogP contribution in [0.2, 0.25) is 0 Å². The van der Waals surface area contributed by atoms with Crippen LogP contribution in [0.25, 0.3) is 16.6 Å². The van der Waals surface area contributed by atoms with E-state index in [1.165, 1.54) is 54.6 Å². The maximum Gasteiger partial charge on any atom is 0.284 e. The number of likely N-dealkylation sites (tertiary alicyclic amines) is 1. The molecule has 3 aromatic heterocycles. The van der Waals surface area contributed by atoms with Crippen molar-refractivity contribution in [3.05, 3.63) is 73.0 Å². The second-order valence-electron chi connectivity index (χ2n) is 9.98. The second kappa shape index (κ2) is 12.1. The van der Waals surface area contributed by atoms with E-state index < -0.39 is 24.6 Å². The fraction of sp³-hybridized carbons (Fsp3) is 0.233. The molecule has 12 nitrogen and oxygen atoms in total. The van der Waals surface area contributed by atoms with Crippen molar-refractivity contribution in [2.24, 2.45) is 0 Å². The molecule has 0 spiro atoms. The fourth-order valence-electron chi connectivity index (χ4n) is 4.93. The largest absolute Gasteiger partial charge is 0.494 e. The van der Waals surface area contributed by atoms with E-state index in [-0.39, 0.29) is 46.2 Å². The summed E-state index contributed by atoms with van der Waals surface area (Å²) in [5.41, 5.74) is 0.811. The van der Waals surface area contributed by atoms with Crippen LogP contribution in [-0.4, -0.2) is 69.2 Å². The Balaban J connectivity index is 1.33. The Labute approximate surface area is 254 Å². The number of carbonyl (C=O) groups is 1. The van der Waals surface area contributed by atoms with E-state index in [0.717, 1.165) is 31.5 Å². The van der Waals surface area contributed by atoms with Gasteiger partial charge in [-0.3, -0.25) is 9.69 Å². The number of fused-ring (bicyclic) bond motifs is 2. The number of hydrogen-bond donors (Lipinski definition) is 2. The highest BCUT2D eigenvalue weighted by Crippen LogP contribution is 2.38. The van der Waals surface area contributed by atoms with E-state index in [1.54, 1.807) is 6.20 Å². The molecule has 2 aromatic carbocycles. The zero-order valence-corrected chi connectivity index (χ0v) is 23.5. The molecule has 0 radical (unpaired) electrons. The van der Waals surface area contributed by atoms with Gasteiger partial charge in [0.1, 0.15) is 35.7 Å². The van der Waals surface area contributed by atoms with Crippen LogP contribution in [-0.2, 0) is 4.79 Å². The summed E-state index contributed by atoms with van der Waals surface area (Å²) in [5, 5.41) is 9.73. The van der Waals surface area contributed by atoms with Crippen LogP contribution < -0.4 is 24.8 Å². The molecule has 14 heteroatoms. The van der Waals surface area contributed by atoms with Gasteiger partial charge in [0.2, 0.25) is 0 Å². The Hall–Kier alpha value is -5.37. The molecule has 0 aliphatic carbocycles. The molecular weight excluding hydrogens is 574 g/mol. The molecule has 1 aliphatic rings. The van der Waals surface area contributed by atoms with Gasteiger partial charge in [0.15, 0.2) is 23.0 Å². The lowest BCUT2D eigenvalue weighted by Crippen LogP contribution is -2.24. The van der Waals surface area contributed by atoms with Gasteiger partial charge < -0.3 is 24.8 Å². The molecule has 5 aromatic rings. The third-order valence-corrected chi connectivity index (χ3v) is 7.21. The highest BCUT2D eigenvalue weighted by molar-refractivity contribution is 6.05. The highest BCUT2D eigenvalue weighted by Gasteiger charge is 2.23. The fourth-order valence-corrected chi connectivity index (χ4v) is 4.93. The minimum atomic E-state index is -2.91. The first-order chi connectivity index (χ1) is 22.5. The smallest absolute Gasteiger partial charge is 0.284 e. The van der Waals surface area contributed by atoms with Crippen molar-refractivity contribution >= 4 is 39.6 Å².